The van der Waals surface area contributed by atoms with Crippen LogP contribution < -0.4 is 5.73 Å². The zero-order valence-electron chi connectivity index (χ0n) is 8.51. The van der Waals surface area contributed by atoms with Crippen molar-refractivity contribution in [1.29, 1.82) is 0 Å². The summed E-state index contributed by atoms with van der Waals surface area (Å²) in [7, 11) is 0. The fraction of sp³-hybridized carbons (Fsp3) is 0.400. The number of nitrogens with two attached hydrogens (primary N) is 1. The first-order valence-corrected chi connectivity index (χ1v) is 4.67. The number of aliphatic hydroxyl groups is 1. The number of hydrogen-bond acceptors (Lipinski definition) is 2. The van der Waals surface area contributed by atoms with Crippen molar-refractivity contribution in [3.05, 3.63) is 35.4 Å². The molecule has 2 nitrogen and oxygen atoms in total. The van der Waals surface area contributed by atoms with Gasteiger partial charge in [-0.3, -0.25) is 0 Å². The molecule has 0 fully saturated rings. The van der Waals surface area contributed by atoms with Crippen molar-refractivity contribution >= 4 is 0 Å². The second kappa shape index (κ2) is 4.97. The second-order valence-electron chi connectivity index (χ2n) is 3.57. The van der Waals surface area contributed by atoms with Crippen molar-refractivity contribution in [1.82, 2.24) is 0 Å². The molecule has 0 amide bonds. The molecule has 1 aromatic rings. The molecule has 0 aliphatic carbocycles. The molecule has 0 aromatic heterocycles. The van der Waals surface area contributed by atoms with Gasteiger partial charge in [-0.15, -0.1) is 0 Å². The zero-order chi connectivity index (χ0) is 13.2. The quantitative estimate of drug-likeness (QED) is 0.814. The standard InChI is InChI=1S/C10H10F5NO/c11-6-2-1-5(3-7(6)12)8(17)4-9(16)10(13,14)15/h1-3,8-9,17H,4,16H2/t8-,9-/m0/s1. The molecule has 0 heterocycles. The first-order chi connectivity index (χ1) is 7.71. The number of hydrogen-bond donors (Lipinski definition) is 2. The summed E-state index contributed by atoms with van der Waals surface area (Å²) in [6, 6.07) is 0.160. The van der Waals surface area contributed by atoms with Gasteiger partial charge in [0.25, 0.3) is 0 Å². The molecule has 1 rings (SSSR count). The van der Waals surface area contributed by atoms with E-state index in [0.29, 0.717) is 6.07 Å². The summed E-state index contributed by atoms with van der Waals surface area (Å²) in [5.41, 5.74) is 4.65. The molecule has 1 aromatic carbocycles. The fourth-order valence-corrected chi connectivity index (χ4v) is 1.23. The summed E-state index contributed by atoms with van der Waals surface area (Å²) in [5, 5.41) is 9.40. The van der Waals surface area contributed by atoms with Gasteiger partial charge in [0.1, 0.15) is 6.04 Å². The Kier molecular flexibility index (Phi) is 4.05. The van der Waals surface area contributed by atoms with Crippen LogP contribution in [0.4, 0.5) is 22.0 Å². The lowest BCUT2D eigenvalue weighted by molar-refractivity contribution is -0.153. The van der Waals surface area contributed by atoms with Crippen LogP contribution in [0.1, 0.15) is 18.1 Å². The molecule has 0 bridgehead atoms. The van der Waals surface area contributed by atoms with Gasteiger partial charge in [-0.05, 0) is 17.7 Å². The maximum absolute atomic E-state index is 12.8. The SMILES string of the molecule is N[C@@H](C[C@H](O)c1ccc(F)c(F)c1)C(F)(F)F. The third-order valence-corrected chi connectivity index (χ3v) is 2.23. The Morgan fingerprint density at radius 1 is 1.18 bits per heavy atom. The van der Waals surface area contributed by atoms with Crippen LogP contribution in [-0.2, 0) is 0 Å². The van der Waals surface area contributed by atoms with E-state index in [-0.39, 0.29) is 5.56 Å². The molecule has 0 aliphatic rings. The first kappa shape index (κ1) is 13.9. The maximum Gasteiger partial charge on any atom is 0.403 e. The third kappa shape index (κ3) is 3.64. The van der Waals surface area contributed by atoms with E-state index in [1.165, 1.54) is 0 Å². The Balaban J connectivity index is 2.76. The Bertz CT molecular complexity index is 393. The van der Waals surface area contributed by atoms with Gasteiger partial charge in [-0.2, -0.15) is 13.2 Å². The number of halogens is 5. The molecule has 17 heavy (non-hydrogen) atoms. The van der Waals surface area contributed by atoms with E-state index in [2.05, 4.69) is 0 Å². The second-order valence-corrected chi connectivity index (χ2v) is 3.57. The summed E-state index contributed by atoms with van der Waals surface area (Å²) in [6.45, 7) is 0. The molecule has 2 atom stereocenters. The van der Waals surface area contributed by atoms with Crippen molar-refractivity contribution in [2.24, 2.45) is 5.73 Å². The van der Waals surface area contributed by atoms with E-state index >= 15 is 0 Å². The predicted molar refractivity (Wildman–Crippen MR) is 50.0 cm³/mol. The van der Waals surface area contributed by atoms with Gasteiger partial charge in [-0.25, -0.2) is 8.78 Å². The highest BCUT2D eigenvalue weighted by atomic mass is 19.4. The lowest BCUT2D eigenvalue weighted by Crippen LogP contribution is -2.38. The number of aliphatic hydroxyl groups excluding tert-OH is 1. The average molecular weight is 255 g/mol. The molecule has 7 heteroatoms. The lowest BCUT2D eigenvalue weighted by Gasteiger charge is -2.19. The van der Waals surface area contributed by atoms with Crippen molar-refractivity contribution in [2.75, 3.05) is 0 Å². The Morgan fingerprint density at radius 2 is 1.76 bits per heavy atom. The third-order valence-electron chi connectivity index (χ3n) is 2.23. The van der Waals surface area contributed by atoms with Crippen LogP contribution in [0.2, 0.25) is 0 Å². The van der Waals surface area contributed by atoms with E-state index in [1.54, 1.807) is 0 Å². The average Bonchev–Trinajstić information content (AvgIpc) is 2.20. The summed E-state index contributed by atoms with van der Waals surface area (Å²) in [5.74, 6) is -2.37. The van der Waals surface area contributed by atoms with Gasteiger partial charge in [-0.1, -0.05) is 6.07 Å². The molecule has 0 unspecified atom stereocenters. The Labute approximate surface area is 93.9 Å². The van der Waals surface area contributed by atoms with Gasteiger partial charge in [0.15, 0.2) is 11.6 Å². The molecule has 96 valence electrons. The fourth-order valence-electron chi connectivity index (χ4n) is 1.23. The van der Waals surface area contributed by atoms with Crippen molar-refractivity contribution in [3.63, 3.8) is 0 Å². The molecule has 0 saturated heterocycles. The van der Waals surface area contributed by atoms with Crippen LogP contribution in [0, 0.1) is 11.6 Å². The highest BCUT2D eigenvalue weighted by Gasteiger charge is 2.38. The first-order valence-electron chi connectivity index (χ1n) is 4.67. The molecule has 0 radical (unpaired) electrons. The van der Waals surface area contributed by atoms with E-state index in [1.807, 2.05) is 0 Å². The minimum Gasteiger partial charge on any atom is -0.388 e. The molecule has 0 saturated carbocycles. The summed E-state index contributed by atoms with van der Waals surface area (Å²) in [6.07, 6.45) is -7.05. The van der Waals surface area contributed by atoms with Crippen molar-refractivity contribution in [2.45, 2.75) is 24.7 Å². The molecular formula is C10H10F5NO. The summed E-state index contributed by atoms with van der Waals surface area (Å²) in [4.78, 5) is 0. The molecular weight excluding hydrogens is 245 g/mol. The summed E-state index contributed by atoms with van der Waals surface area (Å²) >= 11 is 0. The largest absolute Gasteiger partial charge is 0.403 e. The highest BCUT2D eigenvalue weighted by molar-refractivity contribution is 5.20. The Morgan fingerprint density at radius 3 is 2.24 bits per heavy atom. The Hall–Kier alpha value is -1.21. The van der Waals surface area contributed by atoms with Gasteiger partial charge in [0.2, 0.25) is 0 Å². The lowest BCUT2D eigenvalue weighted by atomic mass is 10.0. The normalized spacial score (nSPS) is 15.7. The van der Waals surface area contributed by atoms with Crippen LogP contribution >= 0.6 is 0 Å². The minimum absolute atomic E-state index is 0.149. The van der Waals surface area contributed by atoms with Gasteiger partial charge in [0.05, 0.1) is 6.10 Å². The van der Waals surface area contributed by atoms with Gasteiger partial charge < -0.3 is 10.8 Å². The summed E-state index contributed by atoms with van der Waals surface area (Å²) < 4.78 is 61.6. The smallest absolute Gasteiger partial charge is 0.388 e. The molecule has 3 N–H and O–H groups in total. The van der Waals surface area contributed by atoms with Crippen LogP contribution in [0.25, 0.3) is 0 Å². The number of rotatable bonds is 3. The monoisotopic (exact) mass is 255 g/mol. The maximum atomic E-state index is 12.8. The number of benzene rings is 1. The van der Waals surface area contributed by atoms with Gasteiger partial charge >= 0.3 is 6.18 Å². The predicted octanol–water partition coefficient (Wildman–Crippen LogP) is 2.28. The van der Waals surface area contributed by atoms with E-state index < -0.39 is 36.4 Å². The van der Waals surface area contributed by atoms with Crippen LogP contribution in [0.3, 0.4) is 0 Å². The topological polar surface area (TPSA) is 46.2 Å². The molecule has 0 spiro atoms. The van der Waals surface area contributed by atoms with Crippen molar-refractivity contribution < 1.29 is 27.1 Å². The zero-order valence-corrected chi connectivity index (χ0v) is 8.51. The number of alkyl halides is 3. The van der Waals surface area contributed by atoms with Crippen LogP contribution in [0.15, 0.2) is 18.2 Å². The van der Waals surface area contributed by atoms with Crippen LogP contribution in [-0.4, -0.2) is 17.3 Å². The van der Waals surface area contributed by atoms with E-state index in [0.717, 1.165) is 12.1 Å². The minimum atomic E-state index is -4.64. The van der Waals surface area contributed by atoms with Crippen LogP contribution in [0.5, 0.6) is 0 Å². The van der Waals surface area contributed by atoms with Crippen molar-refractivity contribution in [3.8, 4) is 0 Å². The van der Waals surface area contributed by atoms with E-state index in [9.17, 15) is 27.1 Å². The van der Waals surface area contributed by atoms with Gasteiger partial charge in [0, 0.05) is 6.42 Å². The molecule has 0 aliphatic heterocycles. The van der Waals surface area contributed by atoms with E-state index in [4.69, 9.17) is 5.73 Å². The highest BCUT2D eigenvalue weighted by Crippen LogP contribution is 2.27.